The molecule has 2 aliphatic rings. The van der Waals surface area contributed by atoms with E-state index in [-0.39, 0.29) is 5.92 Å². The van der Waals surface area contributed by atoms with Gasteiger partial charge in [-0.2, -0.15) is 0 Å². The Labute approximate surface area is 97.2 Å². The lowest BCUT2D eigenvalue weighted by Crippen LogP contribution is -2.50. The topological polar surface area (TPSA) is 43.8 Å². The molecule has 2 fully saturated rings. The molecule has 1 N–H and O–H groups in total. The zero-order chi connectivity index (χ0) is 11.5. The third-order valence-electron chi connectivity index (χ3n) is 3.97. The molecule has 4 nitrogen and oxygen atoms in total. The van der Waals surface area contributed by atoms with Gasteiger partial charge in [0, 0.05) is 25.7 Å². The molecule has 0 amide bonds. The number of carboxylic acids is 1. The van der Waals surface area contributed by atoms with Gasteiger partial charge in [-0.3, -0.25) is 9.69 Å². The largest absolute Gasteiger partial charge is 0.481 e. The van der Waals surface area contributed by atoms with Gasteiger partial charge in [0.25, 0.3) is 0 Å². The van der Waals surface area contributed by atoms with Gasteiger partial charge in [0.1, 0.15) is 0 Å². The summed E-state index contributed by atoms with van der Waals surface area (Å²) in [5.74, 6) is -0.874. The molecule has 0 aromatic carbocycles. The van der Waals surface area contributed by atoms with Crippen molar-refractivity contribution >= 4 is 5.97 Å². The van der Waals surface area contributed by atoms with E-state index in [9.17, 15) is 4.79 Å². The molecule has 2 atom stereocenters. The Morgan fingerprint density at radius 2 is 2.25 bits per heavy atom. The molecule has 0 aromatic rings. The number of fused-ring (bicyclic) bond motifs is 1. The second-order valence-electron chi connectivity index (χ2n) is 5.16. The first-order valence-corrected chi connectivity index (χ1v) is 6.36. The Bertz CT molecular complexity index is 257. The van der Waals surface area contributed by atoms with Crippen LogP contribution in [0, 0.1) is 5.92 Å². The van der Waals surface area contributed by atoms with Crippen LogP contribution in [0.25, 0.3) is 0 Å². The summed E-state index contributed by atoms with van der Waals surface area (Å²) in [4.78, 5) is 15.7. The van der Waals surface area contributed by atoms with E-state index in [1.807, 2.05) is 0 Å². The van der Waals surface area contributed by atoms with Gasteiger partial charge in [0.2, 0.25) is 0 Å². The van der Waals surface area contributed by atoms with Crippen LogP contribution in [0.5, 0.6) is 0 Å². The standard InChI is InChI=1S/C12H22N2O2/c1-10(12(15)16)4-6-13-7-8-14-5-2-3-11(14)9-13/h10-11H,2-9H2,1H3,(H,15,16). The van der Waals surface area contributed by atoms with Crippen molar-refractivity contribution < 1.29 is 9.90 Å². The van der Waals surface area contributed by atoms with Crippen LogP contribution >= 0.6 is 0 Å². The minimum atomic E-state index is -0.667. The molecule has 0 bridgehead atoms. The summed E-state index contributed by atoms with van der Waals surface area (Å²) in [5.41, 5.74) is 0. The highest BCUT2D eigenvalue weighted by Crippen LogP contribution is 2.21. The van der Waals surface area contributed by atoms with Crippen LogP contribution in [0.2, 0.25) is 0 Å². The summed E-state index contributed by atoms with van der Waals surface area (Å²) in [6.45, 7) is 7.44. The second kappa shape index (κ2) is 5.15. The van der Waals surface area contributed by atoms with E-state index in [1.165, 1.54) is 25.9 Å². The van der Waals surface area contributed by atoms with E-state index in [1.54, 1.807) is 6.92 Å². The first-order chi connectivity index (χ1) is 7.66. The predicted octanol–water partition coefficient (Wildman–Crippen LogP) is 0.877. The number of hydrogen-bond donors (Lipinski definition) is 1. The van der Waals surface area contributed by atoms with Gasteiger partial charge in [0.05, 0.1) is 5.92 Å². The summed E-state index contributed by atoms with van der Waals surface area (Å²) in [6.07, 6.45) is 3.44. The average Bonchev–Trinajstić information content (AvgIpc) is 2.72. The lowest BCUT2D eigenvalue weighted by atomic mass is 10.1. The lowest BCUT2D eigenvalue weighted by Gasteiger charge is -2.37. The molecular weight excluding hydrogens is 204 g/mol. The maximum absolute atomic E-state index is 10.7. The zero-order valence-corrected chi connectivity index (χ0v) is 10.1. The number of piperazine rings is 1. The molecule has 4 heteroatoms. The molecule has 2 rings (SSSR count). The van der Waals surface area contributed by atoms with Crippen LogP contribution in [-0.2, 0) is 4.79 Å². The Kier molecular flexibility index (Phi) is 3.82. The highest BCUT2D eigenvalue weighted by molar-refractivity contribution is 5.69. The van der Waals surface area contributed by atoms with Crippen molar-refractivity contribution in [3.63, 3.8) is 0 Å². The van der Waals surface area contributed by atoms with Crippen molar-refractivity contribution in [2.75, 3.05) is 32.7 Å². The fraction of sp³-hybridized carbons (Fsp3) is 0.917. The number of carboxylic acid groups (broad SMARTS) is 1. The van der Waals surface area contributed by atoms with Crippen molar-refractivity contribution in [2.24, 2.45) is 5.92 Å². The number of carbonyl (C=O) groups is 1. The molecule has 2 aliphatic heterocycles. The Morgan fingerprint density at radius 1 is 1.44 bits per heavy atom. The molecule has 0 aromatic heterocycles. The maximum Gasteiger partial charge on any atom is 0.306 e. The Morgan fingerprint density at radius 3 is 3.00 bits per heavy atom. The van der Waals surface area contributed by atoms with Crippen LogP contribution < -0.4 is 0 Å². The van der Waals surface area contributed by atoms with Crippen molar-refractivity contribution in [1.29, 1.82) is 0 Å². The van der Waals surface area contributed by atoms with Gasteiger partial charge in [-0.25, -0.2) is 0 Å². The lowest BCUT2D eigenvalue weighted by molar-refractivity contribution is -0.141. The highest BCUT2D eigenvalue weighted by atomic mass is 16.4. The van der Waals surface area contributed by atoms with Gasteiger partial charge in [-0.1, -0.05) is 6.92 Å². The summed E-state index contributed by atoms with van der Waals surface area (Å²) in [5, 5.41) is 8.83. The Hall–Kier alpha value is -0.610. The van der Waals surface area contributed by atoms with E-state index < -0.39 is 5.97 Å². The third kappa shape index (κ3) is 2.74. The van der Waals surface area contributed by atoms with Crippen LogP contribution in [0.1, 0.15) is 26.2 Å². The molecule has 92 valence electrons. The van der Waals surface area contributed by atoms with Gasteiger partial charge in [-0.15, -0.1) is 0 Å². The molecule has 2 unspecified atom stereocenters. The first kappa shape index (κ1) is 11.9. The van der Waals surface area contributed by atoms with Crippen molar-refractivity contribution in [2.45, 2.75) is 32.2 Å². The average molecular weight is 226 g/mol. The quantitative estimate of drug-likeness (QED) is 0.773. The molecule has 0 aliphatic carbocycles. The maximum atomic E-state index is 10.7. The fourth-order valence-electron chi connectivity index (χ4n) is 2.76. The van der Waals surface area contributed by atoms with E-state index in [0.717, 1.165) is 32.1 Å². The molecule has 0 saturated carbocycles. The highest BCUT2D eigenvalue weighted by Gasteiger charge is 2.30. The minimum Gasteiger partial charge on any atom is -0.481 e. The second-order valence-corrected chi connectivity index (χ2v) is 5.16. The van der Waals surface area contributed by atoms with E-state index in [0.29, 0.717) is 0 Å². The summed E-state index contributed by atoms with van der Waals surface area (Å²) >= 11 is 0. The van der Waals surface area contributed by atoms with E-state index in [2.05, 4.69) is 9.80 Å². The SMILES string of the molecule is CC(CCN1CCN2CCCC2C1)C(=O)O. The predicted molar refractivity (Wildman–Crippen MR) is 62.5 cm³/mol. The van der Waals surface area contributed by atoms with Crippen molar-refractivity contribution in [1.82, 2.24) is 9.80 Å². The van der Waals surface area contributed by atoms with Crippen LogP contribution in [0.3, 0.4) is 0 Å². The van der Waals surface area contributed by atoms with Crippen LogP contribution in [0.15, 0.2) is 0 Å². The normalized spacial score (nSPS) is 28.9. The summed E-state index contributed by atoms with van der Waals surface area (Å²) < 4.78 is 0. The van der Waals surface area contributed by atoms with Gasteiger partial charge < -0.3 is 10.0 Å². The molecule has 2 saturated heterocycles. The number of hydrogen-bond acceptors (Lipinski definition) is 3. The molecule has 0 spiro atoms. The van der Waals surface area contributed by atoms with E-state index in [4.69, 9.17) is 5.11 Å². The minimum absolute atomic E-state index is 0.207. The number of aliphatic carboxylic acids is 1. The van der Waals surface area contributed by atoms with Crippen molar-refractivity contribution in [3.05, 3.63) is 0 Å². The molecule has 2 heterocycles. The Balaban J connectivity index is 1.73. The third-order valence-corrected chi connectivity index (χ3v) is 3.97. The van der Waals surface area contributed by atoms with Gasteiger partial charge in [0.15, 0.2) is 0 Å². The molecule has 16 heavy (non-hydrogen) atoms. The summed E-state index contributed by atoms with van der Waals surface area (Å²) in [6, 6.07) is 0.744. The number of nitrogens with zero attached hydrogens (tertiary/aromatic N) is 2. The smallest absolute Gasteiger partial charge is 0.306 e. The first-order valence-electron chi connectivity index (χ1n) is 6.36. The molecule has 0 radical (unpaired) electrons. The van der Waals surface area contributed by atoms with Gasteiger partial charge >= 0.3 is 5.97 Å². The fourth-order valence-corrected chi connectivity index (χ4v) is 2.76. The van der Waals surface area contributed by atoms with Crippen LogP contribution in [0.4, 0.5) is 0 Å². The van der Waals surface area contributed by atoms with E-state index >= 15 is 0 Å². The monoisotopic (exact) mass is 226 g/mol. The van der Waals surface area contributed by atoms with Crippen molar-refractivity contribution in [3.8, 4) is 0 Å². The summed E-state index contributed by atoms with van der Waals surface area (Å²) in [7, 11) is 0. The van der Waals surface area contributed by atoms with Crippen LogP contribution in [-0.4, -0.2) is 59.6 Å². The van der Waals surface area contributed by atoms with Gasteiger partial charge in [-0.05, 0) is 32.4 Å². The zero-order valence-electron chi connectivity index (χ0n) is 10.1. The molecular formula is C12H22N2O2. The number of rotatable bonds is 4.